The Morgan fingerprint density at radius 1 is 1.10 bits per heavy atom. The number of hydrogen-bond donors (Lipinski definition) is 0. The van der Waals surface area contributed by atoms with Crippen LogP contribution in [0.5, 0.6) is 0 Å². The van der Waals surface area contributed by atoms with E-state index in [4.69, 9.17) is 16.3 Å². The standard InChI is InChI=1S/C27H23ClF4N4O3/c1-14-15(2)33-25-20(19-5-4-18(28)10-21(19)29)11-22(34-36(25)26(14)38)16-7-8-39-23(9-16)17-3-6-24(37)35(12-17)13-27(30,31)32/h3-6,10-12,16,23H,7-9,13H2,1-2H3/t16-,23+/m0/s1. The Morgan fingerprint density at radius 2 is 1.87 bits per heavy atom. The van der Waals surface area contributed by atoms with E-state index in [0.717, 1.165) is 16.8 Å². The van der Waals surface area contributed by atoms with E-state index in [2.05, 4.69) is 10.1 Å². The number of aryl methyl sites for hydroxylation is 1. The number of pyridine rings is 1. The van der Waals surface area contributed by atoms with Gasteiger partial charge in [-0.25, -0.2) is 9.37 Å². The van der Waals surface area contributed by atoms with E-state index in [1.54, 1.807) is 19.9 Å². The van der Waals surface area contributed by atoms with Crippen molar-refractivity contribution in [1.29, 1.82) is 0 Å². The molecule has 3 aromatic heterocycles. The molecule has 5 rings (SSSR count). The maximum Gasteiger partial charge on any atom is 0.406 e. The molecule has 1 aliphatic heterocycles. The largest absolute Gasteiger partial charge is 0.406 e. The maximum atomic E-state index is 15.0. The Bertz CT molecular complexity index is 1700. The van der Waals surface area contributed by atoms with E-state index in [1.807, 2.05) is 0 Å². The van der Waals surface area contributed by atoms with Crippen molar-refractivity contribution in [2.75, 3.05) is 6.61 Å². The third kappa shape index (κ3) is 5.46. The molecule has 1 aliphatic rings. The summed E-state index contributed by atoms with van der Waals surface area (Å²) in [5.74, 6) is -0.871. The maximum absolute atomic E-state index is 15.0. The molecule has 0 N–H and O–H groups in total. The zero-order chi connectivity index (χ0) is 28.1. The van der Waals surface area contributed by atoms with E-state index in [0.29, 0.717) is 45.5 Å². The van der Waals surface area contributed by atoms with Crippen molar-refractivity contribution in [2.24, 2.45) is 0 Å². The molecule has 0 aliphatic carbocycles. The quantitative estimate of drug-likeness (QED) is 0.306. The van der Waals surface area contributed by atoms with Crippen LogP contribution >= 0.6 is 11.6 Å². The van der Waals surface area contributed by atoms with Crippen molar-refractivity contribution < 1.29 is 22.3 Å². The smallest absolute Gasteiger partial charge is 0.373 e. The molecule has 0 saturated carbocycles. The van der Waals surface area contributed by atoms with Gasteiger partial charge >= 0.3 is 6.18 Å². The Morgan fingerprint density at radius 3 is 2.59 bits per heavy atom. The SMILES string of the molecule is Cc1nc2c(-c3ccc(Cl)cc3F)cc([C@H]3CCO[C@@H](c4ccc(=O)n(CC(F)(F)F)c4)C3)nn2c(=O)c1C. The van der Waals surface area contributed by atoms with Crippen LogP contribution in [0.3, 0.4) is 0 Å². The van der Waals surface area contributed by atoms with Gasteiger partial charge in [-0.3, -0.25) is 9.59 Å². The van der Waals surface area contributed by atoms with Gasteiger partial charge in [-0.15, -0.1) is 0 Å². The number of aromatic nitrogens is 4. The second kappa shape index (κ2) is 10.2. The van der Waals surface area contributed by atoms with Gasteiger partial charge in [0.25, 0.3) is 11.1 Å². The molecule has 0 bridgehead atoms. The van der Waals surface area contributed by atoms with E-state index in [1.165, 1.54) is 24.3 Å². The number of rotatable bonds is 4. The van der Waals surface area contributed by atoms with Gasteiger partial charge < -0.3 is 9.30 Å². The fourth-order valence-corrected chi connectivity index (χ4v) is 4.94. The van der Waals surface area contributed by atoms with Crippen LogP contribution in [0.1, 0.15) is 47.4 Å². The Hall–Kier alpha value is -3.57. The summed E-state index contributed by atoms with van der Waals surface area (Å²) < 4.78 is 61.5. The average Bonchev–Trinajstić information content (AvgIpc) is 2.88. The van der Waals surface area contributed by atoms with Crippen molar-refractivity contribution >= 4 is 17.2 Å². The highest BCUT2D eigenvalue weighted by molar-refractivity contribution is 6.30. The third-order valence-corrected chi connectivity index (χ3v) is 7.17. The molecular weight excluding hydrogens is 540 g/mol. The first kappa shape index (κ1) is 27.0. The van der Waals surface area contributed by atoms with Gasteiger partial charge in [-0.05, 0) is 62.6 Å². The average molecular weight is 563 g/mol. The lowest BCUT2D eigenvalue weighted by molar-refractivity contribution is -0.141. The van der Waals surface area contributed by atoms with Crippen molar-refractivity contribution in [3.63, 3.8) is 0 Å². The molecule has 204 valence electrons. The molecule has 0 amide bonds. The van der Waals surface area contributed by atoms with E-state index < -0.39 is 35.8 Å². The molecule has 0 spiro atoms. The minimum Gasteiger partial charge on any atom is -0.373 e. The summed E-state index contributed by atoms with van der Waals surface area (Å²) >= 11 is 5.96. The minimum atomic E-state index is -4.56. The number of benzene rings is 1. The number of fused-ring (bicyclic) bond motifs is 1. The summed E-state index contributed by atoms with van der Waals surface area (Å²) in [6.45, 7) is 2.17. The summed E-state index contributed by atoms with van der Waals surface area (Å²) in [5, 5.41) is 4.79. The zero-order valence-corrected chi connectivity index (χ0v) is 21.7. The van der Waals surface area contributed by atoms with Crippen LogP contribution in [0.2, 0.25) is 5.02 Å². The van der Waals surface area contributed by atoms with E-state index >= 15 is 4.39 Å². The molecule has 1 aromatic carbocycles. The van der Waals surface area contributed by atoms with Gasteiger partial charge in [-0.2, -0.15) is 22.8 Å². The lowest BCUT2D eigenvalue weighted by Crippen LogP contribution is -2.29. The van der Waals surface area contributed by atoms with Crippen LogP contribution in [-0.4, -0.2) is 31.9 Å². The van der Waals surface area contributed by atoms with Gasteiger partial charge in [0.2, 0.25) is 0 Å². The van der Waals surface area contributed by atoms with Crippen molar-refractivity contribution in [2.45, 2.75) is 51.4 Å². The van der Waals surface area contributed by atoms with E-state index in [-0.39, 0.29) is 28.8 Å². The first-order valence-corrected chi connectivity index (χ1v) is 12.5. The number of ether oxygens (including phenoxy) is 1. The normalized spacial score (nSPS) is 18.0. The van der Waals surface area contributed by atoms with Crippen LogP contribution in [0.15, 0.2) is 52.2 Å². The van der Waals surface area contributed by atoms with Gasteiger partial charge in [0, 0.05) is 52.2 Å². The highest BCUT2D eigenvalue weighted by atomic mass is 35.5. The second-order valence-electron chi connectivity index (χ2n) is 9.59. The molecule has 1 saturated heterocycles. The molecule has 2 atom stereocenters. The Kier molecular flexibility index (Phi) is 7.06. The molecule has 0 unspecified atom stereocenters. The molecule has 0 radical (unpaired) electrons. The van der Waals surface area contributed by atoms with Crippen LogP contribution < -0.4 is 11.1 Å². The zero-order valence-electron chi connectivity index (χ0n) is 20.9. The Labute approximate surface area is 224 Å². The van der Waals surface area contributed by atoms with Gasteiger partial charge in [0.05, 0.1) is 11.8 Å². The van der Waals surface area contributed by atoms with Crippen LogP contribution in [0.25, 0.3) is 16.8 Å². The molecular formula is C27H23ClF4N4O3. The summed E-state index contributed by atoms with van der Waals surface area (Å²) in [6.07, 6.45) is -3.19. The number of halogens is 5. The molecule has 1 fully saturated rings. The molecule has 4 heterocycles. The summed E-state index contributed by atoms with van der Waals surface area (Å²) in [4.78, 5) is 29.7. The predicted octanol–water partition coefficient (Wildman–Crippen LogP) is 5.53. The molecule has 7 nitrogen and oxygen atoms in total. The number of nitrogens with zero attached hydrogens (tertiary/aromatic N) is 4. The molecule has 39 heavy (non-hydrogen) atoms. The van der Waals surface area contributed by atoms with Gasteiger partial charge in [-0.1, -0.05) is 11.6 Å². The second-order valence-corrected chi connectivity index (χ2v) is 10.0. The monoisotopic (exact) mass is 562 g/mol. The van der Waals surface area contributed by atoms with Crippen LogP contribution in [0, 0.1) is 19.7 Å². The number of alkyl halides is 3. The fourth-order valence-electron chi connectivity index (χ4n) is 4.78. The predicted molar refractivity (Wildman–Crippen MR) is 137 cm³/mol. The lowest BCUT2D eigenvalue weighted by atomic mass is 9.89. The van der Waals surface area contributed by atoms with Gasteiger partial charge in [0.1, 0.15) is 12.4 Å². The molecule has 4 aromatic rings. The molecule has 12 heteroatoms. The fraction of sp³-hybridized carbons (Fsp3) is 0.333. The topological polar surface area (TPSA) is 78.5 Å². The number of hydrogen-bond acceptors (Lipinski definition) is 5. The summed E-state index contributed by atoms with van der Waals surface area (Å²) in [5.41, 5.74) is 1.37. The third-order valence-electron chi connectivity index (χ3n) is 6.93. The summed E-state index contributed by atoms with van der Waals surface area (Å²) in [6, 6.07) is 8.43. The van der Waals surface area contributed by atoms with E-state index in [9.17, 15) is 22.8 Å². The minimum absolute atomic E-state index is 0.191. The van der Waals surface area contributed by atoms with Crippen LogP contribution in [0.4, 0.5) is 17.6 Å². The van der Waals surface area contributed by atoms with Crippen LogP contribution in [-0.2, 0) is 11.3 Å². The highest BCUT2D eigenvalue weighted by Gasteiger charge is 2.31. The highest BCUT2D eigenvalue weighted by Crippen LogP contribution is 2.38. The first-order chi connectivity index (χ1) is 18.4. The lowest BCUT2D eigenvalue weighted by Gasteiger charge is -2.30. The Balaban J connectivity index is 1.59. The van der Waals surface area contributed by atoms with Crippen molar-refractivity contribution in [1.82, 2.24) is 19.2 Å². The summed E-state index contributed by atoms with van der Waals surface area (Å²) in [7, 11) is 0. The van der Waals surface area contributed by atoms with Gasteiger partial charge in [0.15, 0.2) is 5.65 Å². The van der Waals surface area contributed by atoms with Crippen molar-refractivity contribution in [3.8, 4) is 11.1 Å². The first-order valence-electron chi connectivity index (χ1n) is 12.2. The van der Waals surface area contributed by atoms with Crippen molar-refractivity contribution in [3.05, 3.63) is 96.7 Å².